The van der Waals surface area contributed by atoms with E-state index in [1.807, 2.05) is 11.6 Å². The van der Waals surface area contributed by atoms with Crippen LogP contribution < -0.4 is 0 Å². The van der Waals surface area contributed by atoms with Gasteiger partial charge in [0.05, 0.1) is 30.3 Å². The van der Waals surface area contributed by atoms with Gasteiger partial charge in [-0.1, -0.05) is 20.8 Å². The van der Waals surface area contributed by atoms with E-state index < -0.39 is 0 Å². The molecule has 1 heterocycles. The molecule has 1 aromatic heterocycles. The number of hydrogen-bond donors (Lipinski definition) is 0. The SMILES string of the molecule is CCc1c2c(nn1CCC#N)CC(C)(C)CC2=O. The first kappa shape index (κ1) is 12.8. The molecule has 0 amide bonds. The minimum Gasteiger partial charge on any atom is -0.294 e. The maximum Gasteiger partial charge on any atom is 0.167 e. The van der Waals surface area contributed by atoms with Gasteiger partial charge in [-0.15, -0.1) is 0 Å². The number of aromatic nitrogens is 2. The van der Waals surface area contributed by atoms with E-state index in [-0.39, 0.29) is 11.2 Å². The number of ketones is 1. The first-order chi connectivity index (χ1) is 8.48. The van der Waals surface area contributed by atoms with Crippen molar-refractivity contribution in [1.82, 2.24) is 9.78 Å². The molecule has 0 unspecified atom stereocenters. The molecule has 0 saturated carbocycles. The highest BCUT2D eigenvalue weighted by atomic mass is 16.1. The minimum atomic E-state index is 0.00348. The van der Waals surface area contributed by atoms with Crippen molar-refractivity contribution in [3.8, 4) is 6.07 Å². The van der Waals surface area contributed by atoms with Gasteiger partial charge in [0, 0.05) is 12.1 Å². The predicted molar refractivity (Wildman–Crippen MR) is 68.3 cm³/mol. The van der Waals surface area contributed by atoms with Gasteiger partial charge in [0.1, 0.15) is 0 Å². The van der Waals surface area contributed by atoms with Gasteiger partial charge in [-0.25, -0.2) is 0 Å². The maximum absolute atomic E-state index is 12.2. The van der Waals surface area contributed by atoms with Gasteiger partial charge in [0.2, 0.25) is 0 Å². The average Bonchev–Trinajstić information content (AvgIpc) is 2.62. The van der Waals surface area contributed by atoms with E-state index in [0.717, 1.165) is 29.8 Å². The van der Waals surface area contributed by atoms with Crippen LogP contribution in [0.1, 0.15) is 55.4 Å². The van der Waals surface area contributed by atoms with Crippen LogP contribution in [0.15, 0.2) is 0 Å². The summed E-state index contributed by atoms with van der Waals surface area (Å²) in [6.45, 7) is 6.83. The lowest BCUT2D eigenvalue weighted by Crippen LogP contribution is -2.27. The number of carbonyl (C=O) groups excluding carboxylic acids is 1. The van der Waals surface area contributed by atoms with E-state index >= 15 is 0 Å². The molecule has 4 nitrogen and oxygen atoms in total. The van der Waals surface area contributed by atoms with Gasteiger partial charge < -0.3 is 0 Å². The molecule has 0 spiro atoms. The Bertz CT molecular complexity index is 520. The summed E-state index contributed by atoms with van der Waals surface area (Å²) in [5, 5.41) is 13.2. The lowest BCUT2D eigenvalue weighted by atomic mass is 9.75. The summed E-state index contributed by atoms with van der Waals surface area (Å²) in [5.41, 5.74) is 2.75. The molecule has 0 N–H and O–H groups in total. The quantitative estimate of drug-likeness (QED) is 0.822. The maximum atomic E-state index is 12.2. The van der Waals surface area contributed by atoms with Crippen molar-refractivity contribution >= 4 is 5.78 Å². The third-order valence-electron chi connectivity index (χ3n) is 3.46. The number of hydrogen-bond acceptors (Lipinski definition) is 3. The number of nitrogens with zero attached hydrogens (tertiary/aromatic N) is 3. The molecule has 2 rings (SSSR count). The van der Waals surface area contributed by atoms with Crippen LogP contribution in [0.25, 0.3) is 0 Å². The largest absolute Gasteiger partial charge is 0.294 e. The molecule has 4 heteroatoms. The summed E-state index contributed by atoms with van der Waals surface area (Å²) in [5.74, 6) is 0.210. The summed E-state index contributed by atoms with van der Waals surface area (Å²) < 4.78 is 1.85. The molecule has 1 aliphatic carbocycles. The summed E-state index contributed by atoms with van der Waals surface area (Å²) >= 11 is 0. The second kappa shape index (κ2) is 4.56. The van der Waals surface area contributed by atoms with E-state index in [4.69, 9.17) is 5.26 Å². The van der Waals surface area contributed by atoms with Gasteiger partial charge >= 0.3 is 0 Å². The fourth-order valence-corrected chi connectivity index (χ4v) is 2.74. The van der Waals surface area contributed by atoms with Crippen LogP contribution in [0.3, 0.4) is 0 Å². The Morgan fingerprint density at radius 3 is 2.78 bits per heavy atom. The zero-order valence-electron chi connectivity index (χ0n) is 11.3. The van der Waals surface area contributed by atoms with Crippen LogP contribution in [0.2, 0.25) is 0 Å². The van der Waals surface area contributed by atoms with Gasteiger partial charge in [-0.2, -0.15) is 10.4 Å². The van der Waals surface area contributed by atoms with Crippen LogP contribution in [-0.4, -0.2) is 15.6 Å². The molecule has 1 aromatic rings. The lowest BCUT2D eigenvalue weighted by molar-refractivity contribution is 0.0911. The van der Waals surface area contributed by atoms with Crippen molar-refractivity contribution in [2.45, 2.75) is 53.0 Å². The molecule has 0 saturated heterocycles. The van der Waals surface area contributed by atoms with E-state index in [1.54, 1.807) is 0 Å². The molecular formula is C14H19N3O. The molecule has 0 aromatic carbocycles. The normalized spacial score (nSPS) is 17.3. The average molecular weight is 245 g/mol. The monoisotopic (exact) mass is 245 g/mol. The number of aryl methyl sites for hydroxylation is 1. The zero-order chi connectivity index (χ0) is 13.3. The molecule has 0 atom stereocenters. The number of rotatable bonds is 3. The second-order valence-electron chi connectivity index (χ2n) is 5.69. The van der Waals surface area contributed by atoms with Crippen LogP contribution in [-0.2, 0) is 19.4 Å². The van der Waals surface area contributed by atoms with Gasteiger partial charge in [-0.05, 0) is 18.3 Å². The van der Waals surface area contributed by atoms with Gasteiger partial charge in [-0.3, -0.25) is 9.48 Å². The van der Waals surface area contributed by atoms with Crippen LogP contribution >= 0.6 is 0 Å². The topological polar surface area (TPSA) is 58.7 Å². The Morgan fingerprint density at radius 1 is 1.44 bits per heavy atom. The van der Waals surface area contributed by atoms with Crippen LogP contribution in [0, 0.1) is 16.7 Å². The molecule has 1 aliphatic rings. The molecule has 0 fully saturated rings. The van der Waals surface area contributed by atoms with Crippen molar-refractivity contribution in [3.63, 3.8) is 0 Å². The predicted octanol–water partition coefficient (Wildman–Crippen LogP) is 2.51. The summed E-state index contributed by atoms with van der Waals surface area (Å²) in [7, 11) is 0. The highest BCUT2D eigenvalue weighted by Crippen LogP contribution is 2.35. The number of nitriles is 1. The fraction of sp³-hybridized carbons (Fsp3) is 0.643. The Hall–Kier alpha value is -1.63. The van der Waals surface area contributed by atoms with Crippen molar-refractivity contribution in [1.29, 1.82) is 5.26 Å². The van der Waals surface area contributed by atoms with Gasteiger partial charge in [0.25, 0.3) is 0 Å². The highest BCUT2D eigenvalue weighted by Gasteiger charge is 2.35. The van der Waals surface area contributed by atoms with Crippen LogP contribution in [0.5, 0.6) is 0 Å². The van der Waals surface area contributed by atoms with E-state index in [9.17, 15) is 4.79 Å². The van der Waals surface area contributed by atoms with Crippen molar-refractivity contribution in [3.05, 3.63) is 17.0 Å². The first-order valence-corrected chi connectivity index (χ1v) is 6.47. The Kier molecular flexibility index (Phi) is 3.25. The summed E-state index contributed by atoms with van der Waals surface area (Å²) in [6, 6.07) is 2.13. The zero-order valence-corrected chi connectivity index (χ0v) is 11.3. The minimum absolute atomic E-state index is 0.00348. The number of fused-ring (bicyclic) bond motifs is 1. The van der Waals surface area contributed by atoms with Crippen molar-refractivity contribution in [2.75, 3.05) is 0 Å². The van der Waals surface area contributed by atoms with E-state index in [1.165, 1.54) is 0 Å². The fourth-order valence-electron chi connectivity index (χ4n) is 2.74. The summed E-state index contributed by atoms with van der Waals surface area (Å²) in [6.07, 6.45) is 2.67. The van der Waals surface area contributed by atoms with E-state index in [0.29, 0.717) is 19.4 Å². The molecule has 0 aliphatic heterocycles. The number of carbonyl (C=O) groups is 1. The molecule has 18 heavy (non-hydrogen) atoms. The van der Waals surface area contributed by atoms with Gasteiger partial charge in [0.15, 0.2) is 5.78 Å². The molecule has 0 radical (unpaired) electrons. The number of Topliss-reactive ketones (excluding diaryl/α,β-unsaturated/α-hetero) is 1. The Labute approximate surface area is 108 Å². The smallest absolute Gasteiger partial charge is 0.167 e. The standard InChI is InChI=1S/C14H19N3O/c1-4-11-13-10(16-17(11)7-5-6-15)8-14(2,3)9-12(13)18/h4-5,7-9H2,1-3H3. The van der Waals surface area contributed by atoms with Crippen molar-refractivity contribution < 1.29 is 4.79 Å². The Morgan fingerprint density at radius 2 is 2.17 bits per heavy atom. The van der Waals surface area contributed by atoms with E-state index in [2.05, 4.69) is 25.0 Å². The van der Waals surface area contributed by atoms with Crippen molar-refractivity contribution in [2.24, 2.45) is 5.41 Å². The molecular weight excluding hydrogens is 226 g/mol. The molecule has 96 valence electrons. The Balaban J connectivity index is 2.44. The van der Waals surface area contributed by atoms with Crippen LogP contribution in [0.4, 0.5) is 0 Å². The highest BCUT2D eigenvalue weighted by molar-refractivity contribution is 5.99. The summed E-state index contributed by atoms with van der Waals surface area (Å²) in [4.78, 5) is 12.2. The lowest BCUT2D eigenvalue weighted by Gasteiger charge is -2.27. The third kappa shape index (κ3) is 2.17. The third-order valence-corrected chi connectivity index (χ3v) is 3.46. The second-order valence-corrected chi connectivity index (χ2v) is 5.69. The first-order valence-electron chi connectivity index (χ1n) is 6.47. The molecule has 0 bridgehead atoms.